The second-order valence-electron chi connectivity index (χ2n) is 16.8. The molecule has 8 rings (SSSR count). The third kappa shape index (κ3) is 7.83. The van der Waals surface area contributed by atoms with Crippen LogP contribution in [0.3, 0.4) is 0 Å². The number of carbonyl (C=O) groups excluding carboxylic acids is 3. The van der Waals surface area contributed by atoms with Gasteiger partial charge in [-0.3, -0.25) is 9.59 Å². The Kier molecular flexibility index (Phi) is 12.8. The Morgan fingerprint density at radius 1 is 1.10 bits per heavy atom. The first-order valence-corrected chi connectivity index (χ1v) is 21.5. The fourth-order valence-corrected chi connectivity index (χ4v) is 10.4. The van der Waals surface area contributed by atoms with E-state index in [4.69, 9.17) is 23.7 Å². The fraction of sp³-hybridized carbons (Fsp3) is 0.511. The van der Waals surface area contributed by atoms with Gasteiger partial charge in [0.25, 0.3) is 0 Å². The second kappa shape index (κ2) is 18.3. The number of nitrogens with zero attached hydrogens (tertiary/aromatic N) is 1. The number of aliphatic hydroxyl groups excluding tert-OH is 3. The summed E-state index contributed by atoms with van der Waals surface area (Å²) in [6.45, 7) is 3.63. The van der Waals surface area contributed by atoms with Gasteiger partial charge in [-0.2, -0.15) is 0 Å². The number of rotatable bonds is 15. The third-order valence-corrected chi connectivity index (χ3v) is 13.3. The Morgan fingerprint density at radius 3 is 2.70 bits per heavy atom. The molecule has 6 unspecified atom stereocenters. The van der Waals surface area contributed by atoms with Gasteiger partial charge in [-0.25, -0.2) is 4.79 Å². The highest BCUT2D eigenvalue weighted by atomic mass is 16.6. The highest BCUT2D eigenvalue weighted by Gasteiger charge is 2.54. The number of fused-ring (bicyclic) bond motifs is 4. The van der Waals surface area contributed by atoms with E-state index in [1.807, 2.05) is 36.5 Å². The standard InChI is InChI=1S/C47H56N2O12/c1-3-58-46(55)45-34(25-52)39(30-20-31(24-51)41(54)32(21-30)27-8-9-37-28(19-27)10-13-48-37)40-43(59-18-6-16-50)33-22-38(60-42(33)35(26-53)44(40)61-45)47(56)12-4-7-29-23-49(14-5-17-57-2)15-11-36(29)47/h4,7-10,13,19,25,29,31-32,36,38,48,50-51,53,56H,3,5-6,11-12,14-18,20-24,26H2,1-2H3. The SMILES string of the molecule is CCOC(=O)C1=C(C=O)C(=C2CC(CO)C(=O)C(c3ccc4[nH]ccc4c3)C2)c2c(OCCCO)c3c(c(CO)c2O1)OC(C1(O)CC=CC2CN(CCCOC)CCC21)C3. The van der Waals surface area contributed by atoms with E-state index < -0.39 is 48.5 Å². The van der Waals surface area contributed by atoms with Gasteiger partial charge in [-0.05, 0) is 80.6 Å². The fourth-order valence-electron chi connectivity index (χ4n) is 10.4. The lowest BCUT2D eigenvalue weighted by molar-refractivity contribution is -0.141. The molecule has 5 N–H and O–H groups in total. The molecule has 14 nitrogen and oxygen atoms in total. The Balaban J connectivity index is 1.28. The van der Waals surface area contributed by atoms with Crippen LogP contribution < -0.4 is 14.2 Å². The van der Waals surface area contributed by atoms with Gasteiger partial charge in [0.15, 0.2) is 6.29 Å². The number of aromatic amines is 1. The molecule has 2 fully saturated rings. The van der Waals surface area contributed by atoms with Crippen molar-refractivity contribution in [1.29, 1.82) is 0 Å². The van der Waals surface area contributed by atoms with E-state index in [1.165, 1.54) is 0 Å². The van der Waals surface area contributed by atoms with Crippen LogP contribution in [-0.2, 0) is 36.9 Å². The summed E-state index contributed by atoms with van der Waals surface area (Å²) in [6.07, 6.45) is 8.49. The molecule has 61 heavy (non-hydrogen) atoms. The van der Waals surface area contributed by atoms with Gasteiger partial charge in [0, 0.05) is 86.9 Å². The maximum atomic E-state index is 14.1. The van der Waals surface area contributed by atoms with Gasteiger partial charge in [0.05, 0.1) is 43.1 Å². The lowest BCUT2D eigenvalue weighted by Crippen LogP contribution is -2.58. The molecule has 6 atom stereocenters. The highest BCUT2D eigenvalue weighted by molar-refractivity contribution is 6.11. The summed E-state index contributed by atoms with van der Waals surface area (Å²) in [5.41, 5.74) is 2.16. The average molecular weight is 841 g/mol. The van der Waals surface area contributed by atoms with Crippen LogP contribution in [0.4, 0.5) is 0 Å². The molecule has 3 aromatic rings. The van der Waals surface area contributed by atoms with E-state index in [-0.39, 0.29) is 97.1 Å². The average Bonchev–Trinajstić information content (AvgIpc) is 3.94. The Morgan fingerprint density at radius 2 is 1.95 bits per heavy atom. The number of nitrogens with one attached hydrogen (secondary N) is 1. The number of Topliss-reactive ketones (excluding diaryl/α,β-unsaturated/α-hetero) is 1. The first-order valence-electron chi connectivity index (χ1n) is 21.5. The largest absolute Gasteiger partial charge is 0.492 e. The number of esters is 1. The molecule has 2 aliphatic carbocycles. The van der Waals surface area contributed by atoms with Gasteiger partial charge < -0.3 is 54.0 Å². The topological polar surface area (TPSA) is 197 Å². The normalized spacial score (nSPS) is 27.3. The van der Waals surface area contributed by atoms with Gasteiger partial charge >= 0.3 is 5.97 Å². The van der Waals surface area contributed by atoms with Crippen molar-refractivity contribution in [3.63, 3.8) is 0 Å². The van der Waals surface area contributed by atoms with Crippen molar-refractivity contribution in [1.82, 2.24) is 9.88 Å². The van der Waals surface area contributed by atoms with Crippen molar-refractivity contribution in [2.45, 2.75) is 76.1 Å². The van der Waals surface area contributed by atoms with Gasteiger partial charge in [0.2, 0.25) is 5.76 Å². The molecule has 3 aliphatic heterocycles. The molecule has 5 aliphatic rings. The van der Waals surface area contributed by atoms with Crippen LogP contribution in [0, 0.1) is 17.8 Å². The zero-order valence-corrected chi connectivity index (χ0v) is 34.8. The zero-order chi connectivity index (χ0) is 42.8. The van der Waals surface area contributed by atoms with Crippen molar-refractivity contribution in [3.05, 3.63) is 81.8 Å². The Bertz CT molecular complexity index is 2260. The number of aliphatic hydroxyl groups is 4. The van der Waals surface area contributed by atoms with E-state index >= 15 is 0 Å². The van der Waals surface area contributed by atoms with Crippen molar-refractivity contribution < 1.29 is 58.5 Å². The van der Waals surface area contributed by atoms with E-state index in [0.29, 0.717) is 36.0 Å². The number of carbonyl (C=O) groups is 3. The highest BCUT2D eigenvalue weighted by Crippen LogP contribution is 2.58. The minimum absolute atomic E-state index is 0.0150. The molecular weight excluding hydrogens is 785 g/mol. The van der Waals surface area contributed by atoms with Crippen LogP contribution in [0.5, 0.6) is 17.2 Å². The number of ketones is 1. The van der Waals surface area contributed by atoms with Crippen molar-refractivity contribution >= 4 is 34.5 Å². The number of H-pyrrole nitrogens is 1. The van der Waals surface area contributed by atoms with E-state index in [9.17, 15) is 34.8 Å². The smallest absolute Gasteiger partial charge is 0.375 e. The van der Waals surface area contributed by atoms with Gasteiger partial charge in [-0.15, -0.1) is 0 Å². The maximum Gasteiger partial charge on any atom is 0.375 e. The molecule has 0 radical (unpaired) electrons. The van der Waals surface area contributed by atoms with Crippen molar-refractivity contribution in [2.75, 3.05) is 59.8 Å². The summed E-state index contributed by atoms with van der Waals surface area (Å²) in [7, 11) is 1.70. The van der Waals surface area contributed by atoms with Crippen LogP contribution in [0.25, 0.3) is 16.5 Å². The third-order valence-electron chi connectivity index (χ3n) is 13.3. The zero-order valence-electron chi connectivity index (χ0n) is 34.8. The summed E-state index contributed by atoms with van der Waals surface area (Å²) < 4.78 is 30.5. The predicted molar refractivity (Wildman–Crippen MR) is 224 cm³/mol. The van der Waals surface area contributed by atoms with Gasteiger partial charge in [0.1, 0.15) is 34.7 Å². The van der Waals surface area contributed by atoms with Crippen LogP contribution in [0.1, 0.15) is 73.6 Å². The molecule has 1 saturated carbocycles. The monoisotopic (exact) mass is 840 g/mol. The number of allylic oxidation sites excluding steroid dienone is 3. The minimum Gasteiger partial charge on any atom is -0.492 e. The first-order chi connectivity index (χ1) is 29.7. The Hall–Kier alpha value is -4.83. The van der Waals surface area contributed by atoms with Crippen LogP contribution in [-0.4, -0.2) is 120 Å². The number of aldehydes is 1. The van der Waals surface area contributed by atoms with E-state index in [2.05, 4.69) is 16.0 Å². The molecule has 0 bridgehead atoms. The molecule has 14 heteroatoms. The molecule has 2 aromatic carbocycles. The number of benzene rings is 2. The molecule has 1 saturated heterocycles. The van der Waals surface area contributed by atoms with Crippen LogP contribution in [0.2, 0.25) is 0 Å². The Labute approximate surface area is 354 Å². The molecule has 326 valence electrons. The van der Waals surface area contributed by atoms with E-state index in [1.54, 1.807) is 14.0 Å². The summed E-state index contributed by atoms with van der Waals surface area (Å²) in [4.78, 5) is 46.8. The number of hydrogen-bond acceptors (Lipinski definition) is 13. The van der Waals surface area contributed by atoms with Crippen LogP contribution >= 0.6 is 0 Å². The summed E-state index contributed by atoms with van der Waals surface area (Å²) in [6, 6.07) is 7.63. The van der Waals surface area contributed by atoms with Crippen molar-refractivity contribution in [2.24, 2.45) is 17.8 Å². The lowest BCUT2D eigenvalue weighted by atomic mass is 9.66. The van der Waals surface area contributed by atoms with E-state index in [0.717, 1.165) is 48.9 Å². The molecule has 4 heterocycles. The molecule has 0 amide bonds. The maximum absolute atomic E-state index is 14.1. The summed E-state index contributed by atoms with van der Waals surface area (Å²) in [5.74, 6) is -2.46. The lowest BCUT2D eigenvalue weighted by Gasteiger charge is -2.49. The number of piperidine rings is 1. The summed E-state index contributed by atoms with van der Waals surface area (Å²) >= 11 is 0. The quantitative estimate of drug-likeness (QED) is 0.0629. The van der Waals surface area contributed by atoms with Crippen molar-refractivity contribution in [3.8, 4) is 17.2 Å². The second-order valence-corrected chi connectivity index (χ2v) is 16.8. The number of methoxy groups -OCH3 is 1. The first kappa shape index (κ1) is 42.8. The molecular formula is C47H56N2O12. The number of hydrogen-bond donors (Lipinski definition) is 5. The minimum atomic E-state index is -1.29. The van der Waals surface area contributed by atoms with Gasteiger partial charge in [-0.1, -0.05) is 23.8 Å². The molecule has 0 spiro atoms. The predicted octanol–water partition coefficient (Wildman–Crippen LogP) is 4.31. The number of aromatic nitrogens is 1. The summed E-state index contributed by atoms with van der Waals surface area (Å²) in [5, 5.41) is 45.5. The van der Waals surface area contributed by atoms with Crippen LogP contribution in [0.15, 0.2) is 59.5 Å². The number of likely N-dealkylation sites (tertiary alicyclic amines) is 1. The number of ether oxygens (including phenoxy) is 5. The molecule has 1 aromatic heterocycles.